The SMILES string of the molecule is N#Cc1cc(I)c([N+](=O)[O-])c(C(=O)CCl)c1. The van der Waals surface area contributed by atoms with Crippen LogP contribution in [0.15, 0.2) is 12.1 Å². The van der Waals surface area contributed by atoms with Crippen LogP contribution in [0, 0.1) is 25.0 Å². The molecule has 5 nitrogen and oxygen atoms in total. The molecule has 0 saturated carbocycles. The van der Waals surface area contributed by atoms with Gasteiger partial charge in [0, 0.05) is 0 Å². The van der Waals surface area contributed by atoms with Crippen molar-refractivity contribution in [1.82, 2.24) is 0 Å². The maximum absolute atomic E-state index is 11.4. The van der Waals surface area contributed by atoms with Gasteiger partial charge in [-0.05, 0) is 34.7 Å². The topological polar surface area (TPSA) is 84.0 Å². The monoisotopic (exact) mass is 350 g/mol. The highest BCUT2D eigenvalue weighted by atomic mass is 127. The number of nitro groups is 1. The van der Waals surface area contributed by atoms with E-state index in [9.17, 15) is 14.9 Å². The Morgan fingerprint density at radius 3 is 2.69 bits per heavy atom. The molecule has 0 amide bonds. The number of halogens is 2. The minimum Gasteiger partial charge on any atom is -0.293 e. The Balaban J connectivity index is 3.54. The lowest BCUT2D eigenvalue weighted by atomic mass is 10.1. The van der Waals surface area contributed by atoms with E-state index in [1.165, 1.54) is 12.1 Å². The Kier molecular flexibility index (Phi) is 4.20. The highest BCUT2D eigenvalue weighted by molar-refractivity contribution is 14.1. The molecule has 0 aromatic heterocycles. The first-order chi connectivity index (χ1) is 7.51. The molecule has 0 radical (unpaired) electrons. The number of carbonyl (C=O) groups is 1. The van der Waals surface area contributed by atoms with Gasteiger partial charge in [0.05, 0.1) is 31.6 Å². The van der Waals surface area contributed by atoms with E-state index in [4.69, 9.17) is 16.9 Å². The van der Waals surface area contributed by atoms with Crippen molar-refractivity contribution in [3.05, 3.63) is 36.9 Å². The molecule has 1 aromatic carbocycles. The van der Waals surface area contributed by atoms with Crippen LogP contribution in [-0.4, -0.2) is 16.6 Å². The van der Waals surface area contributed by atoms with Gasteiger partial charge in [-0.15, -0.1) is 11.6 Å². The van der Waals surface area contributed by atoms with Gasteiger partial charge in [-0.2, -0.15) is 5.26 Å². The van der Waals surface area contributed by atoms with Gasteiger partial charge in [0.25, 0.3) is 5.69 Å². The summed E-state index contributed by atoms with van der Waals surface area (Å²) < 4.78 is 0.245. The number of ketones is 1. The van der Waals surface area contributed by atoms with E-state index < -0.39 is 10.7 Å². The second kappa shape index (κ2) is 5.23. The molecule has 0 N–H and O–H groups in total. The first kappa shape index (κ1) is 12.9. The number of rotatable bonds is 3. The molecule has 82 valence electrons. The first-order valence-corrected chi connectivity index (χ1v) is 5.59. The van der Waals surface area contributed by atoms with Gasteiger partial charge in [-0.25, -0.2) is 0 Å². The van der Waals surface area contributed by atoms with Gasteiger partial charge in [0.2, 0.25) is 0 Å². The smallest absolute Gasteiger partial charge is 0.293 e. The Labute approximate surface area is 109 Å². The van der Waals surface area contributed by atoms with Crippen molar-refractivity contribution in [2.24, 2.45) is 0 Å². The molecule has 0 aliphatic heterocycles. The van der Waals surface area contributed by atoms with Crippen molar-refractivity contribution in [3.8, 4) is 6.07 Å². The van der Waals surface area contributed by atoms with E-state index in [1.807, 2.05) is 6.07 Å². The summed E-state index contributed by atoms with van der Waals surface area (Å²) in [4.78, 5) is 21.5. The maximum Gasteiger partial charge on any atom is 0.293 e. The molecule has 0 aliphatic rings. The normalized spacial score (nSPS) is 9.56. The van der Waals surface area contributed by atoms with Gasteiger partial charge in [0.15, 0.2) is 5.78 Å². The van der Waals surface area contributed by atoms with Crippen molar-refractivity contribution in [2.45, 2.75) is 0 Å². The lowest BCUT2D eigenvalue weighted by molar-refractivity contribution is -0.386. The summed E-state index contributed by atoms with van der Waals surface area (Å²) in [5.74, 6) is -0.922. The fourth-order valence-corrected chi connectivity index (χ4v) is 2.10. The molecule has 0 bridgehead atoms. The zero-order valence-electron chi connectivity index (χ0n) is 7.74. The zero-order chi connectivity index (χ0) is 12.3. The molecular weight excluding hydrogens is 346 g/mol. The minimum absolute atomic E-state index is 0.122. The summed E-state index contributed by atoms with van der Waals surface area (Å²) in [5, 5.41) is 19.5. The summed E-state index contributed by atoms with van der Waals surface area (Å²) >= 11 is 7.07. The van der Waals surface area contributed by atoms with Gasteiger partial charge < -0.3 is 0 Å². The zero-order valence-corrected chi connectivity index (χ0v) is 10.7. The van der Waals surface area contributed by atoms with Crippen LogP contribution in [0.5, 0.6) is 0 Å². The second-order valence-electron chi connectivity index (χ2n) is 2.78. The third-order valence-corrected chi connectivity index (χ3v) is 2.86. The summed E-state index contributed by atoms with van der Waals surface area (Å²) in [6, 6.07) is 4.37. The van der Waals surface area contributed by atoms with E-state index in [1.54, 1.807) is 22.6 Å². The van der Waals surface area contributed by atoms with Crippen molar-refractivity contribution in [1.29, 1.82) is 5.26 Å². The van der Waals surface area contributed by atoms with E-state index in [-0.39, 0.29) is 26.3 Å². The molecular formula is C9H4ClIN2O3. The van der Waals surface area contributed by atoms with E-state index in [2.05, 4.69) is 0 Å². The lowest BCUT2D eigenvalue weighted by Gasteiger charge is -2.02. The fraction of sp³-hybridized carbons (Fsp3) is 0.111. The van der Waals surface area contributed by atoms with Gasteiger partial charge in [-0.1, -0.05) is 0 Å². The molecule has 0 saturated heterocycles. The third kappa shape index (κ3) is 2.48. The molecule has 0 unspecified atom stereocenters. The second-order valence-corrected chi connectivity index (χ2v) is 4.21. The predicted octanol–water partition coefficient (Wildman–Crippen LogP) is 2.49. The van der Waals surface area contributed by atoms with Crippen LogP contribution in [0.1, 0.15) is 15.9 Å². The predicted molar refractivity (Wildman–Crippen MR) is 65.6 cm³/mol. The molecule has 0 spiro atoms. The van der Waals surface area contributed by atoms with Crippen LogP contribution in [-0.2, 0) is 0 Å². The molecule has 1 aromatic rings. The number of benzene rings is 1. The number of hydrogen-bond donors (Lipinski definition) is 0. The maximum atomic E-state index is 11.4. The Morgan fingerprint density at radius 1 is 1.62 bits per heavy atom. The van der Waals surface area contributed by atoms with Crippen molar-refractivity contribution in [2.75, 3.05) is 5.88 Å². The number of nitriles is 1. The average molecular weight is 350 g/mol. The standard InChI is InChI=1S/C9H4ClIN2O3/c10-3-8(14)6-1-5(4-12)2-7(11)9(6)13(15)16/h1-2H,3H2. The Bertz CT molecular complexity index is 510. The molecule has 0 aliphatic carbocycles. The fourth-order valence-electron chi connectivity index (χ4n) is 1.13. The molecule has 7 heteroatoms. The highest BCUT2D eigenvalue weighted by Crippen LogP contribution is 2.27. The van der Waals surface area contributed by atoms with Gasteiger partial charge in [0.1, 0.15) is 0 Å². The van der Waals surface area contributed by atoms with Gasteiger partial charge in [-0.3, -0.25) is 14.9 Å². The number of alkyl halides is 1. The molecule has 0 fully saturated rings. The van der Waals surface area contributed by atoms with E-state index in [0.29, 0.717) is 0 Å². The number of nitrogens with zero attached hydrogens (tertiary/aromatic N) is 2. The number of nitro benzene ring substituents is 1. The molecule has 16 heavy (non-hydrogen) atoms. The largest absolute Gasteiger partial charge is 0.293 e. The first-order valence-electron chi connectivity index (χ1n) is 3.98. The number of carbonyl (C=O) groups excluding carboxylic acids is 1. The summed E-state index contributed by atoms with van der Waals surface area (Å²) in [7, 11) is 0. The highest BCUT2D eigenvalue weighted by Gasteiger charge is 2.24. The minimum atomic E-state index is -0.650. The van der Waals surface area contributed by atoms with Crippen LogP contribution in [0.3, 0.4) is 0 Å². The average Bonchev–Trinajstić information content (AvgIpc) is 2.26. The third-order valence-electron chi connectivity index (χ3n) is 1.80. The van der Waals surface area contributed by atoms with Crippen LogP contribution < -0.4 is 0 Å². The summed E-state index contributed by atoms with van der Waals surface area (Å²) in [5.41, 5.74) is -0.225. The Morgan fingerprint density at radius 2 is 2.25 bits per heavy atom. The summed E-state index contributed by atoms with van der Waals surface area (Å²) in [6.45, 7) is 0. The van der Waals surface area contributed by atoms with Crippen molar-refractivity contribution < 1.29 is 9.72 Å². The number of Topliss-reactive ketones (excluding diaryl/α,β-unsaturated/α-hetero) is 1. The van der Waals surface area contributed by atoms with Crippen LogP contribution in [0.25, 0.3) is 0 Å². The molecule has 1 rings (SSSR count). The van der Waals surface area contributed by atoms with Crippen LogP contribution >= 0.6 is 34.2 Å². The molecule has 0 heterocycles. The lowest BCUT2D eigenvalue weighted by Crippen LogP contribution is -2.07. The Hall–Kier alpha value is -1.20. The van der Waals surface area contributed by atoms with Crippen molar-refractivity contribution in [3.63, 3.8) is 0 Å². The van der Waals surface area contributed by atoms with Crippen LogP contribution in [0.2, 0.25) is 0 Å². The molecule has 0 atom stereocenters. The van der Waals surface area contributed by atoms with Crippen molar-refractivity contribution >= 4 is 45.7 Å². The van der Waals surface area contributed by atoms with E-state index in [0.717, 1.165) is 0 Å². The van der Waals surface area contributed by atoms with E-state index >= 15 is 0 Å². The quantitative estimate of drug-likeness (QED) is 0.276. The number of hydrogen-bond acceptors (Lipinski definition) is 4. The van der Waals surface area contributed by atoms with Gasteiger partial charge >= 0.3 is 0 Å². The summed E-state index contributed by atoms with van der Waals surface area (Å²) in [6.07, 6.45) is 0. The van der Waals surface area contributed by atoms with Crippen LogP contribution in [0.4, 0.5) is 5.69 Å².